The van der Waals surface area contributed by atoms with E-state index in [0.717, 1.165) is 29.8 Å². The zero-order valence-corrected chi connectivity index (χ0v) is 15.8. The highest BCUT2D eigenvalue weighted by Crippen LogP contribution is 2.49. The molecule has 1 aliphatic heterocycles. The van der Waals surface area contributed by atoms with E-state index in [9.17, 15) is 9.59 Å². The van der Waals surface area contributed by atoms with Crippen LogP contribution in [0.3, 0.4) is 0 Å². The molecule has 4 N–H and O–H groups in total. The number of rotatable bonds is 3. The van der Waals surface area contributed by atoms with Gasteiger partial charge in [-0.3, -0.25) is 15.0 Å². The van der Waals surface area contributed by atoms with Crippen LogP contribution in [0.2, 0.25) is 5.02 Å². The lowest BCUT2D eigenvalue weighted by molar-refractivity contribution is 0.0999. The van der Waals surface area contributed by atoms with Gasteiger partial charge in [0.2, 0.25) is 0 Å². The van der Waals surface area contributed by atoms with Gasteiger partial charge in [-0.2, -0.15) is 0 Å². The Hall–Kier alpha value is -2.09. The van der Waals surface area contributed by atoms with Gasteiger partial charge >= 0.3 is 6.03 Å². The molecule has 26 heavy (non-hydrogen) atoms. The normalized spacial score (nSPS) is 21.3. The first-order chi connectivity index (χ1) is 12.4. The van der Waals surface area contributed by atoms with Crippen LogP contribution in [0.15, 0.2) is 24.3 Å². The Morgan fingerprint density at radius 3 is 2.69 bits per heavy atom. The first-order valence-corrected chi connectivity index (χ1v) is 9.61. The maximum Gasteiger partial charge on any atom is 0.324 e. The van der Waals surface area contributed by atoms with Crippen LogP contribution in [-0.4, -0.2) is 30.4 Å². The molecular formula is C18H19ClN4O2S. The molecule has 3 amide bonds. The van der Waals surface area contributed by atoms with E-state index in [4.69, 9.17) is 17.3 Å². The maximum absolute atomic E-state index is 12.4. The van der Waals surface area contributed by atoms with Crippen LogP contribution in [0.5, 0.6) is 0 Å². The van der Waals surface area contributed by atoms with E-state index >= 15 is 0 Å². The number of urea groups is 1. The molecule has 0 radical (unpaired) electrons. The summed E-state index contributed by atoms with van der Waals surface area (Å²) in [5.41, 5.74) is 7.74. The number of nitrogens with one attached hydrogen (secondary N) is 2. The molecule has 1 saturated heterocycles. The summed E-state index contributed by atoms with van der Waals surface area (Å²) in [7, 11) is 2.07. The third-order valence-electron chi connectivity index (χ3n) is 5.04. The van der Waals surface area contributed by atoms with E-state index in [1.54, 1.807) is 24.3 Å². The quantitative estimate of drug-likeness (QED) is 0.746. The smallest absolute Gasteiger partial charge is 0.324 e. The van der Waals surface area contributed by atoms with Gasteiger partial charge in [0.15, 0.2) is 0 Å². The average Bonchev–Trinajstić information content (AvgIpc) is 3.08. The summed E-state index contributed by atoms with van der Waals surface area (Å²) < 4.78 is 0. The maximum atomic E-state index is 12.4. The number of hydrogen-bond donors (Lipinski definition) is 3. The van der Waals surface area contributed by atoms with Crippen LogP contribution in [0.25, 0.3) is 0 Å². The van der Waals surface area contributed by atoms with Gasteiger partial charge in [0.1, 0.15) is 5.00 Å². The van der Waals surface area contributed by atoms with Crippen molar-refractivity contribution in [2.45, 2.75) is 18.9 Å². The SMILES string of the molecule is CN1CC2Cc3sc(NC(=O)Nc4ccc(Cl)cc4)c(C(N)=O)c3C1C2. The molecule has 4 rings (SSSR count). The molecule has 0 saturated carbocycles. The van der Waals surface area contributed by atoms with E-state index < -0.39 is 11.9 Å². The molecule has 2 unspecified atom stereocenters. The minimum atomic E-state index is -0.497. The zero-order valence-electron chi connectivity index (χ0n) is 14.2. The summed E-state index contributed by atoms with van der Waals surface area (Å²) in [6.45, 7) is 1.03. The Labute approximate surface area is 160 Å². The second-order valence-corrected chi connectivity index (χ2v) is 8.40. The molecular weight excluding hydrogens is 372 g/mol. The second kappa shape index (κ2) is 6.57. The van der Waals surface area contributed by atoms with Crippen molar-refractivity contribution in [2.24, 2.45) is 11.7 Å². The number of nitrogens with zero attached hydrogens (tertiary/aromatic N) is 1. The molecule has 1 fully saturated rings. The van der Waals surface area contributed by atoms with Crippen molar-refractivity contribution in [1.29, 1.82) is 0 Å². The van der Waals surface area contributed by atoms with E-state index in [1.807, 2.05) is 0 Å². The predicted molar refractivity (Wildman–Crippen MR) is 104 cm³/mol. The molecule has 1 aromatic heterocycles. The molecule has 6 nitrogen and oxygen atoms in total. The van der Waals surface area contributed by atoms with Crippen molar-refractivity contribution in [2.75, 3.05) is 24.2 Å². The molecule has 1 aliphatic carbocycles. The van der Waals surface area contributed by atoms with Gasteiger partial charge in [0.05, 0.1) is 5.56 Å². The van der Waals surface area contributed by atoms with Crippen molar-refractivity contribution in [3.63, 3.8) is 0 Å². The first-order valence-electron chi connectivity index (χ1n) is 8.41. The van der Waals surface area contributed by atoms with E-state index in [-0.39, 0.29) is 6.04 Å². The lowest BCUT2D eigenvalue weighted by Crippen LogP contribution is -2.24. The Morgan fingerprint density at radius 2 is 2.00 bits per heavy atom. The summed E-state index contributed by atoms with van der Waals surface area (Å²) in [5.74, 6) is 0.107. The fourth-order valence-electron chi connectivity index (χ4n) is 3.98. The summed E-state index contributed by atoms with van der Waals surface area (Å²) in [6.07, 6.45) is 1.97. The van der Waals surface area contributed by atoms with Gasteiger partial charge in [-0.25, -0.2) is 4.79 Å². The standard InChI is InChI=1S/C18H19ClN4O2S/c1-23-8-9-6-12(23)14-13(7-9)26-17(15(14)16(20)24)22-18(25)21-11-4-2-10(19)3-5-11/h2-5,9,12H,6-8H2,1H3,(H2,20,24)(H2,21,22,25). The highest BCUT2D eigenvalue weighted by molar-refractivity contribution is 7.17. The van der Waals surface area contributed by atoms with Gasteiger partial charge in [0, 0.05) is 28.2 Å². The summed E-state index contributed by atoms with van der Waals surface area (Å²) in [6, 6.07) is 6.61. The highest BCUT2D eigenvalue weighted by Gasteiger charge is 2.41. The van der Waals surface area contributed by atoms with Crippen LogP contribution in [-0.2, 0) is 6.42 Å². The number of nitrogens with two attached hydrogens (primary N) is 1. The number of carbonyl (C=O) groups excluding carboxylic acids is 2. The number of primary amides is 1. The molecule has 1 aromatic carbocycles. The van der Waals surface area contributed by atoms with E-state index in [2.05, 4.69) is 22.6 Å². The Balaban J connectivity index is 1.60. The number of likely N-dealkylation sites (tertiary alicyclic amines) is 1. The summed E-state index contributed by atoms with van der Waals surface area (Å²) in [4.78, 5) is 27.9. The number of hydrogen-bond acceptors (Lipinski definition) is 4. The van der Waals surface area contributed by atoms with Gasteiger partial charge in [0.25, 0.3) is 5.91 Å². The van der Waals surface area contributed by atoms with Crippen molar-refractivity contribution in [3.05, 3.63) is 45.3 Å². The van der Waals surface area contributed by atoms with Gasteiger partial charge in [-0.05, 0) is 55.6 Å². The van der Waals surface area contributed by atoms with Gasteiger partial charge in [-0.1, -0.05) is 11.6 Å². The van der Waals surface area contributed by atoms with Crippen molar-refractivity contribution in [1.82, 2.24) is 4.90 Å². The molecule has 0 spiro atoms. The fraction of sp³-hybridized carbons (Fsp3) is 0.333. The van der Waals surface area contributed by atoms with Crippen LogP contribution in [0, 0.1) is 5.92 Å². The van der Waals surface area contributed by atoms with Crippen LogP contribution in [0.1, 0.15) is 33.3 Å². The van der Waals surface area contributed by atoms with E-state index in [1.165, 1.54) is 11.3 Å². The predicted octanol–water partition coefficient (Wildman–Crippen LogP) is 3.69. The van der Waals surface area contributed by atoms with E-state index in [0.29, 0.717) is 27.2 Å². The minimum Gasteiger partial charge on any atom is -0.365 e. The number of fused-ring (bicyclic) bond motifs is 4. The van der Waals surface area contributed by atoms with Crippen LogP contribution < -0.4 is 16.4 Å². The largest absolute Gasteiger partial charge is 0.365 e. The third kappa shape index (κ3) is 3.06. The molecule has 2 aromatic rings. The fourth-order valence-corrected chi connectivity index (χ4v) is 5.48. The molecule has 8 heteroatoms. The zero-order chi connectivity index (χ0) is 18.4. The molecule has 2 heterocycles. The Morgan fingerprint density at radius 1 is 1.27 bits per heavy atom. The lowest BCUT2D eigenvalue weighted by Gasteiger charge is -2.22. The molecule has 2 aliphatic rings. The lowest BCUT2D eigenvalue weighted by atomic mass is 9.87. The van der Waals surface area contributed by atoms with Crippen LogP contribution >= 0.6 is 22.9 Å². The molecule has 2 bridgehead atoms. The topological polar surface area (TPSA) is 87.5 Å². The Bertz CT molecular complexity index is 880. The Kier molecular flexibility index (Phi) is 4.38. The molecule has 2 atom stereocenters. The van der Waals surface area contributed by atoms with Gasteiger partial charge < -0.3 is 11.1 Å². The number of halogens is 1. The number of amides is 3. The second-order valence-electron chi connectivity index (χ2n) is 6.85. The number of thiophene rings is 1. The monoisotopic (exact) mass is 390 g/mol. The van der Waals surface area contributed by atoms with Crippen molar-refractivity contribution < 1.29 is 9.59 Å². The van der Waals surface area contributed by atoms with Gasteiger partial charge in [-0.15, -0.1) is 11.3 Å². The number of benzene rings is 1. The average molecular weight is 391 g/mol. The highest BCUT2D eigenvalue weighted by atomic mass is 35.5. The number of carbonyl (C=O) groups is 2. The first kappa shape index (κ1) is 17.3. The number of anilines is 2. The minimum absolute atomic E-state index is 0.206. The van der Waals surface area contributed by atoms with Crippen molar-refractivity contribution >= 4 is 45.6 Å². The van der Waals surface area contributed by atoms with Crippen LogP contribution in [0.4, 0.5) is 15.5 Å². The summed E-state index contributed by atoms with van der Waals surface area (Å²) in [5, 5.41) is 6.66. The van der Waals surface area contributed by atoms with Crippen molar-refractivity contribution in [3.8, 4) is 0 Å². The molecule has 136 valence electrons. The summed E-state index contributed by atoms with van der Waals surface area (Å²) >= 11 is 7.31. The third-order valence-corrected chi connectivity index (χ3v) is 6.44.